The summed E-state index contributed by atoms with van der Waals surface area (Å²) < 4.78 is 18.7. The Morgan fingerprint density at radius 2 is 1.91 bits per heavy atom. The van der Waals surface area contributed by atoms with Crippen molar-refractivity contribution in [3.05, 3.63) is 100 Å². The van der Waals surface area contributed by atoms with Crippen LogP contribution in [0, 0.1) is 24.1 Å². The number of thioether (sulfide) groups is 1. The number of halogens is 1. The summed E-state index contributed by atoms with van der Waals surface area (Å²) in [4.78, 5) is 27.6. The summed E-state index contributed by atoms with van der Waals surface area (Å²) in [6.07, 6.45) is 1.92. The van der Waals surface area contributed by atoms with Crippen LogP contribution in [0.2, 0.25) is 0 Å². The van der Waals surface area contributed by atoms with Gasteiger partial charge in [-0.05, 0) is 55.3 Å². The van der Waals surface area contributed by atoms with Crippen molar-refractivity contribution in [1.29, 1.82) is 5.26 Å². The molecule has 0 unspecified atom stereocenters. The van der Waals surface area contributed by atoms with Crippen LogP contribution in [0.5, 0.6) is 0 Å². The Bertz CT molecular complexity index is 1230. The monoisotopic (exact) mass is 461 g/mol. The molecule has 0 aliphatic carbocycles. The highest BCUT2D eigenvalue weighted by Crippen LogP contribution is 2.42. The Balaban J connectivity index is 1.67. The van der Waals surface area contributed by atoms with Gasteiger partial charge in [0.2, 0.25) is 5.91 Å². The topological polar surface area (TPSA) is 86.3 Å². The van der Waals surface area contributed by atoms with Crippen molar-refractivity contribution >= 4 is 29.3 Å². The highest BCUT2D eigenvalue weighted by atomic mass is 32.2. The lowest BCUT2D eigenvalue weighted by atomic mass is 10.1. The average Bonchev–Trinajstić information content (AvgIpc) is 3.44. The number of nitrogens with one attached hydrogen (secondary N) is 1. The second-order valence-electron chi connectivity index (χ2n) is 7.50. The molecule has 0 saturated carbocycles. The SMILES string of the molecule is Cc1ccc(C[C@H]2S/C(=C(/C#N)C(=O)NCc3ccco3)N(c3ccc(F)cc3)C2=O)cc1. The van der Waals surface area contributed by atoms with Gasteiger partial charge >= 0.3 is 0 Å². The molecule has 2 heterocycles. The first kappa shape index (κ1) is 22.4. The fraction of sp³-hybridized carbons (Fsp3) is 0.160. The Morgan fingerprint density at radius 3 is 2.55 bits per heavy atom. The first-order chi connectivity index (χ1) is 16.0. The van der Waals surface area contributed by atoms with Gasteiger partial charge in [-0.1, -0.05) is 41.6 Å². The van der Waals surface area contributed by atoms with Crippen LogP contribution >= 0.6 is 11.8 Å². The third-order valence-corrected chi connectivity index (χ3v) is 6.40. The van der Waals surface area contributed by atoms with E-state index in [0.29, 0.717) is 17.9 Å². The maximum atomic E-state index is 13.5. The van der Waals surface area contributed by atoms with Crippen LogP contribution in [-0.4, -0.2) is 17.1 Å². The molecule has 0 radical (unpaired) electrons. The Hall–Kier alpha value is -3.83. The van der Waals surface area contributed by atoms with E-state index >= 15 is 0 Å². The Morgan fingerprint density at radius 1 is 1.18 bits per heavy atom. The first-order valence-corrected chi connectivity index (χ1v) is 11.1. The summed E-state index contributed by atoms with van der Waals surface area (Å²) in [7, 11) is 0. The summed E-state index contributed by atoms with van der Waals surface area (Å²) in [6, 6.07) is 18.6. The normalized spacial score (nSPS) is 17.1. The number of hydrogen-bond donors (Lipinski definition) is 1. The molecule has 1 aliphatic rings. The van der Waals surface area contributed by atoms with E-state index in [1.54, 1.807) is 12.1 Å². The van der Waals surface area contributed by atoms with Gasteiger partial charge in [0.25, 0.3) is 5.91 Å². The van der Waals surface area contributed by atoms with Gasteiger partial charge in [-0.2, -0.15) is 5.26 Å². The summed E-state index contributed by atoms with van der Waals surface area (Å²) >= 11 is 1.16. The van der Waals surface area contributed by atoms with E-state index in [0.717, 1.165) is 22.9 Å². The van der Waals surface area contributed by atoms with Gasteiger partial charge in [-0.25, -0.2) is 4.39 Å². The summed E-state index contributed by atoms with van der Waals surface area (Å²) in [5.74, 6) is -0.800. The molecule has 3 aromatic rings. The van der Waals surface area contributed by atoms with E-state index in [2.05, 4.69) is 5.32 Å². The van der Waals surface area contributed by atoms with Crippen LogP contribution in [0.1, 0.15) is 16.9 Å². The van der Waals surface area contributed by atoms with Crippen LogP contribution < -0.4 is 10.2 Å². The van der Waals surface area contributed by atoms with E-state index in [1.807, 2.05) is 37.3 Å². The predicted octanol–water partition coefficient (Wildman–Crippen LogP) is 4.47. The molecule has 0 spiro atoms. The van der Waals surface area contributed by atoms with Crippen molar-refractivity contribution in [3.8, 4) is 6.07 Å². The van der Waals surface area contributed by atoms with Crippen LogP contribution in [0.3, 0.4) is 0 Å². The molecule has 166 valence electrons. The minimum Gasteiger partial charge on any atom is -0.467 e. The van der Waals surface area contributed by atoms with Gasteiger partial charge in [0.05, 0.1) is 18.1 Å². The van der Waals surface area contributed by atoms with Crippen molar-refractivity contribution in [2.24, 2.45) is 0 Å². The second-order valence-corrected chi connectivity index (χ2v) is 8.69. The average molecular weight is 462 g/mol. The van der Waals surface area contributed by atoms with E-state index < -0.39 is 17.0 Å². The third kappa shape index (κ3) is 4.99. The van der Waals surface area contributed by atoms with Crippen molar-refractivity contribution in [1.82, 2.24) is 5.32 Å². The number of aryl methyl sites for hydroxylation is 1. The molecule has 2 aromatic carbocycles. The van der Waals surface area contributed by atoms with Crippen LogP contribution in [0.4, 0.5) is 10.1 Å². The molecule has 1 aliphatic heterocycles. The third-order valence-electron chi connectivity index (χ3n) is 5.14. The van der Waals surface area contributed by atoms with Gasteiger partial charge in [-0.3, -0.25) is 14.5 Å². The summed E-state index contributed by atoms with van der Waals surface area (Å²) in [5, 5.41) is 12.2. The molecule has 6 nitrogen and oxygen atoms in total. The quantitative estimate of drug-likeness (QED) is 0.432. The van der Waals surface area contributed by atoms with Gasteiger partial charge < -0.3 is 9.73 Å². The molecule has 33 heavy (non-hydrogen) atoms. The standard InChI is InChI=1S/C25H20FN3O3S/c1-16-4-6-17(7-5-16)13-22-24(31)29(19-10-8-18(26)9-11-19)25(33-22)21(14-27)23(30)28-15-20-3-2-12-32-20/h2-12,22H,13,15H2,1H3,(H,28,30)/b25-21-/t22-/m1/s1. The molecule has 1 N–H and O–H groups in total. The fourth-order valence-electron chi connectivity index (χ4n) is 3.42. The molecular formula is C25H20FN3O3S. The van der Waals surface area contributed by atoms with E-state index in [-0.39, 0.29) is 23.1 Å². The largest absolute Gasteiger partial charge is 0.467 e. The number of hydrogen-bond acceptors (Lipinski definition) is 5. The number of carbonyl (C=O) groups excluding carboxylic acids is 2. The number of amides is 2. The zero-order chi connectivity index (χ0) is 23.4. The van der Waals surface area contributed by atoms with Gasteiger partial charge in [0, 0.05) is 5.69 Å². The van der Waals surface area contributed by atoms with Crippen LogP contribution in [0.25, 0.3) is 0 Å². The molecule has 2 amide bonds. The molecule has 8 heteroatoms. The highest BCUT2D eigenvalue weighted by molar-refractivity contribution is 8.05. The zero-order valence-corrected chi connectivity index (χ0v) is 18.6. The first-order valence-electron chi connectivity index (χ1n) is 10.2. The van der Waals surface area contributed by atoms with Gasteiger partial charge in [-0.15, -0.1) is 0 Å². The fourth-order valence-corrected chi connectivity index (χ4v) is 4.73. The minimum atomic E-state index is -0.618. The number of benzene rings is 2. The molecule has 4 rings (SSSR count). The van der Waals surface area contributed by atoms with Crippen molar-refractivity contribution in [2.75, 3.05) is 4.90 Å². The number of anilines is 1. The van der Waals surface area contributed by atoms with Crippen molar-refractivity contribution in [3.63, 3.8) is 0 Å². The number of nitrogens with zero attached hydrogens (tertiary/aromatic N) is 2. The lowest BCUT2D eigenvalue weighted by Crippen LogP contribution is -2.32. The van der Waals surface area contributed by atoms with E-state index in [1.165, 1.54) is 35.4 Å². The Kier molecular flexibility index (Phi) is 6.61. The number of nitriles is 1. The predicted molar refractivity (Wildman–Crippen MR) is 123 cm³/mol. The van der Waals surface area contributed by atoms with Crippen molar-refractivity contribution in [2.45, 2.75) is 25.1 Å². The molecular weight excluding hydrogens is 441 g/mol. The zero-order valence-electron chi connectivity index (χ0n) is 17.7. The molecule has 0 bridgehead atoms. The summed E-state index contributed by atoms with van der Waals surface area (Å²) in [6.45, 7) is 2.09. The smallest absolute Gasteiger partial charge is 0.265 e. The molecule has 1 atom stereocenters. The van der Waals surface area contributed by atoms with E-state index in [4.69, 9.17) is 4.42 Å². The molecule has 1 fully saturated rings. The maximum absolute atomic E-state index is 13.5. The minimum absolute atomic E-state index is 0.103. The molecule has 1 aromatic heterocycles. The maximum Gasteiger partial charge on any atom is 0.265 e. The lowest BCUT2D eigenvalue weighted by Gasteiger charge is -2.18. The number of rotatable bonds is 6. The van der Waals surface area contributed by atoms with E-state index in [9.17, 15) is 19.2 Å². The Labute approximate surface area is 194 Å². The van der Waals surface area contributed by atoms with Gasteiger partial charge in [0.1, 0.15) is 28.2 Å². The second kappa shape index (κ2) is 9.76. The van der Waals surface area contributed by atoms with Crippen LogP contribution in [-0.2, 0) is 22.6 Å². The lowest BCUT2D eigenvalue weighted by molar-refractivity contribution is -0.117. The van der Waals surface area contributed by atoms with Crippen LogP contribution in [0.15, 0.2) is 81.9 Å². The summed E-state index contributed by atoms with van der Waals surface area (Å²) in [5.41, 5.74) is 2.28. The molecule has 1 saturated heterocycles. The number of carbonyl (C=O) groups is 2. The van der Waals surface area contributed by atoms with Crippen molar-refractivity contribution < 1.29 is 18.4 Å². The van der Waals surface area contributed by atoms with Gasteiger partial charge in [0.15, 0.2) is 0 Å². The number of furan rings is 1. The highest BCUT2D eigenvalue weighted by Gasteiger charge is 2.40.